The van der Waals surface area contributed by atoms with E-state index in [1.807, 2.05) is 0 Å². The Balaban J connectivity index is 5.24. The van der Waals surface area contributed by atoms with Crippen LogP contribution in [0.25, 0.3) is 0 Å². The molecule has 0 aromatic carbocycles. The molecular weight excluding hydrogens is 1270 g/mol. The van der Waals surface area contributed by atoms with E-state index in [1.54, 1.807) is 0 Å². The quantitative estimate of drug-likeness (QED) is 0.0222. The number of hydrogen-bond acceptors (Lipinski definition) is 15. The van der Waals surface area contributed by atoms with Crippen LogP contribution >= 0.6 is 15.6 Å². The molecule has 576 valence electrons. The third-order valence-electron chi connectivity index (χ3n) is 18.4. The molecule has 97 heavy (non-hydrogen) atoms. The summed E-state index contributed by atoms with van der Waals surface area (Å²) in [5, 5.41) is 10.6. The van der Waals surface area contributed by atoms with Crippen molar-refractivity contribution in [3.05, 3.63) is 0 Å². The highest BCUT2D eigenvalue weighted by Gasteiger charge is 2.30. The maximum Gasteiger partial charge on any atom is 0.472 e. The van der Waals surface area contributed by atoms with Crippen molar-refractivity contribution >= 4 is 39.5 Å². The molecule has 0 radical (unpaired) electrons. The number of phosphoric ester groups is 2. The Morgan fingerprint density at radius 1 is 0.289 bits per heavy atom. The van der Waals surface area contributed by atoms with Crippen LogP contribution in [0.15, 0.2) is 0 Å². The zero-order valence-electron chi connectivity index (χ0n) is 63.7. The summed E-state index contributed by atoms with van der Waals surface area (Å²) in [5.41, 5.74) is 0. The van der Waals surface area contributed by atoms with E-state index in [2.05, 4.69) is 55.4 Å². The standard InChI is InChI=1S/C78H152O17P2/c1-9-71(8)57-49-41-32-26-22-23-29-35-45-53-61-78(83)95-74(65-89-76(81)59-51-43-37-36-40-48-56-70(6)7)67-93-97(86,87)91-63-72(79)62-90-96(84,85)92-66-73(94-77(82)60-52-44-34-28-21-17-13-11-15-19-25-31-39-47-55-69(4)5)64-88-75(80)58-50-42-33-27-20-16-12-10-14-18-24-30-38-46-54-68(2)3/h68-74,79H,9-67H2,1-8H3,(H,84,85)(H,86,87)/t71?,72-,73-,74-/m1/s1. The van der Waals surface area contributed by atoms with Crippen LogP contribution in [0.2, 0.25) is 0 Å². The summed E-state index contributed by atoms with van der Waals surface area (Å²) >= 11 is 0. The molecule has 0 amide bonds. The molecule has 0 saturated heterocycles. The van der Waals surface area contributed by atoms with Crippen LogP contribution in [-0.4, -0.2) is 96.7 Å². The highest BCUT2D eigenvalue weighted by molar-refractivity contribution is 7.47. The van der Waals surface area contributed by atoms with Gasteiger partial charge in [0.15, 0.2) is 12.2 Å². The number of hydrogen-bond donors (Lipinski definition) is 3. The van der Waals surface area contributed by atoms with Crippen molar-refractivity contribution in [2.45, 2.75) is 414 Å². The normalized spacial score (nSPS) is 14.4. The summed E-state index contributed by atoms with van der Waals surface area (Å²) < 4.78 is 68.6. The van der Waals surface area contributed by atoms with E-state index in [4.69, 9.17) is 37.0 Å². The molecule has 17 nitrogen and oxygen atoms in total. The number of rotatable bonds is 75. The van der Waals surface area contributed by atoms with Crippen LogP contribution in [0.4, 0.5) is 0 Å². The van der Waals surface area contributed by atoms with Gasteiger partial charge in [0.1, 0.15) is 19.3 Å². The first kappa shape index (κ1) is 95.1. The molecule has 0 spiro atoms. The molecule has 0 aliphatic heterocycles. The van der Waals surface area contributed by atoms with Crippen LogP contribution in [0.5, 0.6) is 0 Å². The lowest BCUT2D eigenvalue weighted by Crippen LogP contribution is -2.30. The number of phosphoric acid groups is 2. The summed E-state index contributed by atoms with van der Waals surface area (Å²) in [5.74, 6) is 0.957. The monoisotopic (exact) mass is 1420 g/mol. The van der Waals surface area contributed by atoms with Gasteiger partial charge in [0, 0.05) is 25.7 Å². The Hall–Kier alpha value is -1.94. The number of ether oxygens (including phenoxy) is 4. The molecule has 0 heterocycles. The average molecular weight is 1420 g/mol. The Morgan fingerprint density at radius 2 is 0.495 bits per heavy atom. The number of aliphatic hydroxyl groups excluding tert-OH is 1. The van der Waals surface area contributed by atoms with Gasteiger partial charge in [0.25, 0.3) is 0 Å². The second kappa shape index (κ2) is 67.2. The predicted octanol–water partition coefficient (Wildman–Crippen LogP) is 22.8. The molecular formula is C78H152O17P2. The lowest BCUT2D eigenvalue weighted by atomic mass is 9.99. The van der Waals surface area contributed by atoms with Crippen molar-refractivity contribution < 1.29 is 80.2 Å². The van der Waals surface area contributed by atoms with Gasteiger partial charge in [-0.1, -0.05) is 344 Å². The highest BCUT2D eigenvalue weighted by Crippen LogP contribution is 2.45. The van der Waals surface area contributed by atoms with Gasteiger partial charge in [-0.15, -0.1) is 0 Å². The Labute approximate surface area is 594 Å². The summed E-state index contributed by atoms with van der Waals surface area (Å²) in [6.07, 6.45) is 52.8. The van der Waals surface area contributed by atoms with Crippen molar-refractivity contribution in [1.29, 1.82) is 0 Å². The third kappa shape index (κ3) is 70.9. The summed E-state index contributed by atoms with van der Waals surface area (Å²) in [7, 11) is -9.92. The van der Waals surface area contributed by atoms with Gasteiger partial charge in [-0.2, -0.15) is 0 Å². The number of esters is 4. The average Bonchev–Trinajstić information content (AvgIpc) is 2.10. The summed E-state index contributed by atoms with van der Waals surface area (Å²) in [4.78, 5) is 72.9. The first-order chi connectivity index (χ1) is 46.6. The lowest BCUT2D eigenvalue weighted by molar-refractivity contribution is -0.161. The van der Waals surface area contributed by atoms with Gasteiger partial charge in [-0.25, -0.2) is 9.13 Å². The van der Waals surface area contributed by atoms with Gasteiger partial charge in [-0.3, -0.25) is 37.3 Å². The lowest BCUT2D eigenvalue weighted by Gasteiger charge is -2.21. The van der Waals surface area contributed by atoms with E-state index in [1.165, 1.54) is 193 Å². The molecule has 19 heteroatoms. The van der Waals surface area contributed by atoms with Crippen molar-refractivity contribution in [1.82, 2.24) is 0 Å². The molecule has 3 N–H and O–H groups in total. The number of carbonyl (C=O) groups excluding carboxylic acids is 4. The minimum absolute atomic E-state index is 0.105. The fraction of sp³-hybridized carbons (Fsp3) is 0.949. The summed E-state index contributed by atoms with van der Waals surface area (Å²) in [6.45, 7) is 14.2. The van der Waals surface area contributed by atoms with Crippen molar-refractivity contribution in [3.63, 3.8) is 0 Å². The molecule has 0 bridgehead atoms. The predicted molar refractivity (Wildman–Crippen MR) is 395 cm³/mol. The molecule has 0 aromatic rings. The zero-order valence-corrected chi connectivity index (χ0v) is 65.5. The van der Waals surface area contributed by atoms with Crippen LogP contribution in [0, 0.1) is 23.7 Å². The largest absolute Gasteiger partial charge is 0.472 e. The maximum absolute atomic E-state index is 13.1. The van der Waals surface area contributed by atoms with E-state index in [9.17, 15) is 43.2 Å². The molecule has 0 rings (SSSR count). The minimum atomic E-state index is -4.96. The van der Waals surface area contributed by atoms with Crippen molar-refractivity contribution in [3.8, 4) is 0 Å². The molecule has 0 aliphatic rings. The van der Waals surface area contributed by atoms with Gasteiger partial charge in [0.05, 0.1) is 26.4 Å². The molecule has 6 atom stereocenters. The first-order valence-corrected chi connectivity index (χ1v) is 43.2. The Morgan fingerprint density at radius 3 is 0.732 bits per heavy atom. The van der Waals surface area contributed by atoms with Gasteiger partial charge in [-0.05, 0) is 49.4 Å². The minimum Gasteiger partial charge on any atom is -0.462 e. The molecule has 0 saturated carbocycles. The summed E-state index contributed by atoms with van der Waals surface area (Å²) in [6, 6.07) is 0. The fourth-order valence-corrected chi connectivity index (χ4v) is 13.5. The second-order valence-electron chi connectivity index (χ2n) is 29.8. The van der Waals surface area contributed by atoms with Gasteiger partial charge >= 0.3 is 39.5 Å². The van der Waals surface area contributed by atoms with E-state index < -0.39 is 97.5 Å². The van der Waals surface area contributed by atoms with Crippen LogP contribution in [-0.2, 0) is 65.4 Å². The molecule has 0 aliphatic carbocycles. The smallest absolute Gasteiger partial charge is 0.462 e. The zero-order chi connectivity index (χ0) is 71.7. The van der Waals surface area contributed by atoms with E-state index in [0.717, 1.165) is 114 Å². The SMILES string of the molecule is CCC(C)CCCCCCCCCCCCC(=O)O[C@H](COC(=O)CCCCCCCCC(C)C)COP(=O)(O)OC[C@H](O)COP(=O)(O)OC[C@@H](COC(=O)CCCCCCCCCCCCCCCCC(C)C)OC(=O)CCCCCCCCCCCCCCCCC(C)C. The van der Waals surface area contributed by atoms with Crippen LogP contribution < -0.4 is 0 Å². The Kier molecular flexibility index (Phi) is 65.9. The van der Waals surface area contributed by atoms with Crippen LogP contribution in [0.1, 0.15) is 396 Å². The van der Waals surface area contributed by atoms with Crippen molar-refractivity contribution in [2.75, 3.05) is 39.6 Å². The molecule has 3 unspecified atom stereocenters. The van der Waals surface area contributed by atoms with E-state index in [0.29, 0.717) is 31.6 Å². The molecule has 0 fully saturated rings. The fourth-order valence-electron chi connectivity index (χ4n) is 11.9. The third-order valence-corrected chi connectivity index (χ3v) is 20.3. The molecule has 0 aromatic heterocycles. The first-order valence-electron chi connectivity index (χ1n) is 40.2. The maximum atomic E-state index is 13.1. The van der Waals surface area contributed by atoms with Gasteiger partial charge in [0.2, 0.25) is 0 Å². The highest BCUT2D eigenvalue weighted by atomic mass is 31.2. The number of unbranched alkanes of at least 4 members (excludes halogenated alkanes) is 40. The topological polar surface area (TPSA) is 237 Å². The number of aliphatic hydroxyl groups is 1. The van der Waals surface area contributed by atoms with Gasteiger partial charge < -0.3 is 33.8 Å². The van der Waals surface area contributed by atoms with Crippen LogP contribution in [0.3, 0.4) is 0 Å². The van der Waals surface area contributed by atoms with Crippen molar-refractivity contribution in [2.24, 2.45) is 23.7 Å². The van der Waals surface area contributed by atoms with E-state index in [-0.39, 0.29) is 25.7 Å². The van der Waals surface area contributed by atoms with E-state index >= 15 is 0 Å². The Bertz CT molecular complexity index is 1900. The number of carbonyl (C=O) groups is 4. The second-order valence-corrected chi connectivity index (χ2v) is 32.7.